The van der Waals surface area contributed by atoms with Crippen LogP contribution >= 0.6 is 0 Å². The van der Waals surface area contributed by atoms with Gasteiger partial charge in [-0.2, -0.15) is 0 Å². The third-order valence-electron chi connectivity index (χ3n) is 5.40. The summed E-state index contributed by atoms with van der Waals surface area (Å²) in [7, 11) is 0. The summed E-state index contributed by atoms with van der Waals surface area (Å²) in [5.74, 6) is 0.333. The zero-order valence-corrected chi connectivity index (χ0v) is 14.2. The lowest BCUT2D eigenvalue weighted by molar-refractivity contribution is -0.122. The highest BCUT2D eigenvalue weighted by Gasteiger charge is 2.61. The standard InChI is InChI=1S/C20H21NO3/c1-4-24-13-7-5-12(6-8-13)21-19(22)17-14-9-10-15(16(14)11(2)3)18(17)20(21)23/h5-10,14-15,17-18H,4H2,1-3H3/t14-,15-,17+,18+/m1/s1. The maximum Gasteiger partial charge on any atom is 0.238 e. The number of carbonyl (C=O) groups excluding carboxylic acids is 2. The Morgan fingerprint density at radius 1 is 1.00 bits per heavy atom. The molecule has 1 aromatic rings. The first kappa shape index (κ1) is 15.2. The Kier molecular flexibility index (Phi) is 3.37. The minimum absolute atomic E-state index is 0.0650. The van der Waals surface area contributed by atoms with Crippen LogP contribution in [0, 0.1) is 23.7 Å². The highest BCUT2D eigenvalue weighted by molar-refractivity contribution is 6.23. The minimum atomic E-state index is -0.232. The molecule has 1 heterocycles. The first-order valence-electron chi connectivity index (χ1n) is 8.51. The first-order valence-corrected chi connectivity index (χ1v) is 8.51. The zero-order chi connectivity index (χ0) is 17.0. The number of rotatable bonds is 3. The molecular weight excluding hydrogens is 302 g/mol. The van der Waals surface area contributed by atoms with E-state index in [-0.39, 0.29) is 35.5 Å². The lowest BCUT2D eigenvalue weighted by atomic mass is 9.85. The van der Waals surface area contributed by atoms with E-state index >= 15 is 0 Å². The number of hydrogen-bond donors (Lipinski definition) is 0. The summed E-state index contributed by atoms with van der Waals surface area (Å²) in [6.07, 6.45) is 4.22. The number of allylic oxidation sites excluding steroid dienone is 4. The fourth-order valence-corrected chi connectivity index (χ4v) is 4.54. The van der Waals surface area contributed by atoms with Gasteiger partial charge >= 0.3 is 0 Å². The molecule has 2 aliphatic carbocycles. The third kappa shape index (κ3) is 1.92. The van der Waals surface area contributed by atoms with Gasteiger partial charge in [0.25, 0.3) is 0 Å². The van der Waals surface area contributed by atoms with E-state index in [0.717, 1.165) is 5.75 Å². The molecule has 4 heteroatoms. The topological polar surface area (TPSA) is 46.6 Å². The van der Waals surface area contributed by atoms with Gasteiger partial charge in [-0.15, -0.1) is 0 Å². The Morgan fingerprint density at radius 2 is 1.54 bits per heavy atom. The number of carbonyl (C=O) groups is 2. The smallest absolute Gasteiger partial charge is 0.238 e. The Hall–Kier alpha value is -2.36. The van der Waals surface area contributed by atoms with E-state index in [1.54, 1.807) is 12.1 Å². The number of anilines is 1. The quantitative estimate of drug-likeness (QED) is 0.633. The van der Waals surface area contributed by atoms with Crippen molar-refractivity contribution in [1.82, 2.24) is 0 Å². The Labute approximate surface area is 141 Å². The number of nitrogens with zero attached hydrogens (tertiary/aromatic N) is 1. The first-order chi connectivity index (χ1) is 11.5. The van der Waals surface area contributed by atoms with Gasteiger partial charge in [0.1, 0.15) is 5.75 Å². The summed E-state index contributed by atoms with van der Waals surface area (Å²) in [4.78, 5) is 27.3. The van der Waals surface area contributed by atoms with Crippen molar-refractivity contribution in [3.63, 3.8) is 0 Å². The van der Waals surface area contributed by atoms with Crippen molar-refractivity contribution in [3.8, 4) is 5.75 Å². The van der Waals surface area contributed by atoms with E-state index in [1.807, 2.05) is 19.1 Å². The summed E-state index contributed by atoms with van der Waals surface area (Å²) >= 11 is 0. The predicted molar refractivity (Wildman–Crippen MR) is 91.6 cm³/mol. The molecule has 4 nitrogen and oxygen atoms in total. The molecule has 2 fully saturated rings. The molecule has 3 aliphatic rings. The van der Waals surface area contributed by atoms with Crippen LogP contribution in [-0.4, -0.2) is 18.4 Å². The maximum absolute atomic E-state index is 13.0. The van der Waals surface area contributed by atoms with Crippen LogP contribution in [0.3, 0.4) is 0 Å². The predicted octanol–water partition coefficient (Wildman–Crippen LogP) is 3.34. The molecule has 0 N–H and O–H groups in total. The number of benzene rings is 1. The fourth-order valence-electron chi connectivity index (χ4n) is 4.54. The minimum Gasteiger partial charge on any atom is -0.494 e. The molecule has 2 bridgehead atoms. The SMILES string of the molecule is CCOc1ccc(N2C(=O)[C@@H]3[C@@H](C2=O)[C@@H]2C=C[C@@H]3C2=C(C)C)cc1. The number of fused-ring (bicyclic) bond motifs is 5. The normalized spacial score (nSPS) is 30.3. The summed E-state index contributed by atoms with van der Waals surface area (Å²) in [5, 5.41) is 0. The molecule has 0 spiro atoms. The molecule has 1 aromatic carbocycles. The van der Waals surface area contributed by atoms with Crippen LogP contribution in [0.2, 0.25) is 0 Å². The molecule has 1 aliphatic heterocycles. The molecule has 1 saturated heterocycles. The zero-order valence-electron chi connectivity index (χ0n) is 14.2. The van der Waals surface area contributed by atoms with E-state index < -0.39 is 0 Å². The molecular formula is C20H21NO3. The molecule has 0 unspecified atom stereocenters. The highest BCUT2D eigenvalue weighted by atomic mass is 16.5. The van der Waals surface area contributed by atoms with Gasteiger partial charge in [0.05, 0.1) is 24.1 Å². The van der Waals surface area contributed by atoms with Gasteiger partial charge in [-0.3, -0.25) is 9.59 Å². The van der Waals surface area contributed by atoms with E-state index in [4.69, 9.17) is 4.74 Å². The number of amides is 2. The van der Waals surface area contributed by atoms with E-state index in [9.17, 15) is 9.59 Å². The van der Waals surface area contributed by atoms with Crippen LogP contribution in [0.5, 0.6) is 5.75 Å². The Bertz CT molecular complexity index is 737. The van der Waals surface area contributed by atoms with Crippen LogP contribution in [0.25, 0.3) is 0 Å². The summed E-state index contributed by atoms with van der Waals surface area (Å²) in [6, 6.07) is 7.20. The van der Waals surface area contributed by atoms with E-state index in [2.05, 4.69) is 26.0 Å². The lowest BCUT2D eigenvalue weighted by Gasteiger charge is -2.19. The van der Waals surface area contributed by atoms with Gasteiger partial charge in [-0.1, -0.05) is 23.3 Å². The van der Waals surface area contributed by atoms with Crippen molar-refractivity contribution in [2.45, 2.75) is 20.8 Å². The van der Waals surface area contributed by atoms with Crippen molar-refractivity contribution in [2.24, 2.45) is 23.7 Å². The van der Waals surface area contributed by atoms with Gasteiger partial charge in [-0.05, 0) is 45.0 Å². The van der Waals surface area contributed by atoms with Crippen LogP contribution < -0.4 is 9.64 Å². The van der Waals surface area contributed by atoms with Crippen LogP contribution in [0.15, 0.2) is 47.6 Å². The average molecular weight is 323 g/mol. The number of ether oxygens (including phenoxy) is 1. The van der Waals surface area contributed by atoms with Crippen molar-refractivity contribution in [1.29, 1.82) is 0 Å². The number of imide groups is 1. The third-order valence-corrected chi connectivity index (χ3v) is 5.40. The summed E-state index contributed by atoms with van der Waals surface area (Å²) in [5.41, 5.74) is 3.15. The second-order valence-electron chi connectivity index (χ2n) is 6.88. The van der Waals surface area contributed by atoms with Crippen molar-refractivity contribution < 1.29 is 14.3 Å². The highest BCUT2D eigenvalue weighted by Crippen LogP contribution is 2.57. The molecule has 4 rings (SSSR count). The van der Waals surface area contributed by atoms with Gasteiger partial charge in [0.2, 0.25) is 11.8 Å². The van der Waals surface area contributed by atoms with Crippen molar-refractivity contribution in [2.75, 3.05) is 11.5 Å². The van der Waals surface area contributed by atoms with Gasteiger partial charge in [0, 0.05) is 11.8 Å². The molecule has 4 atom stereocenters. The molecule has 124 valence electrons. The second kappa shape index (κ2) is 5.33. The Balaban J connectivity index is 1.67. The number of hydrogen-bond acceptors (Lipinski definition) is 3. The van der Waals surface area contributed by atoms with Crippen LogP contribution in [0.4, 0.5) is 5.69 Å². The fraction of sp³-hybridized carbons (Fsp3) is 0.400. The van der Waals surface area contributed by atoms with Gasteiger partial charge in [-0.25, -0.2) is 4.90 Å². The largest absolute Gasteiger partial charge is 0.494 e. The second-order valence-corrected chi connectivity index (χ2v) is 6.88. The van der Waals surface area contributed by atoms with Crippen molar-refractivity contribution in [3.05, 3.63) is 47.6 Å². The van der Waals surface area contributed by atoms with Gasteiger partial charge in [0.15, 0.2) is 0 Å². The monoisotopic (exact) mass is 323 g/mol. The van der Waals surface area contributed by atoms with E-state index in [1.165, 1.54) is 16.0 Å². The molecule has 0 radical (unpaired) electrons. The molecule has 2 amide bonds. The molecule has 0 aromatic heterocycles. The molecule has 1 saturated carbocycles. The van der Waals surface area contributed by atoms with Crippen LogP contribution in [0.1, 0.15) is 20.8 Å². The van der Waals surface area contributed by atoms with E-state index in [0.29, 0.717) is 12.3 Å². The van der Waals surface area contributed by atoms with Gasteiger partial charge < -0.3 is 4.74 Å². The van der Waals surface area contributed by atoms with Crippen LogP contribution in [-0.2, 0) is 9.59 Å². The molecule has 24 heavy (non-hydrogen) atoms. The Morgan fingerprint density at radius 3 is 2.00 bits per heavy atom. The maximum atomic E-state index is 13.0. The summed E-state index contributed by atoms with van der Waals surface area (Å²) < 4.78 is 5.43. The summed E-state index contributed by atoms with van der Waals surface area (Å²) in [6.45, 7) is 6.66. The van der Waals surface area contributed by atoms with Crippen molar-refractivity contribution >= 4 is 17.5 Å². The average Bonchev–Trinajstić information content (AvgIpc) is 3.19. The lowest BCUT2D eigenvalue weighted by Crippen LogP contribution is -2.33.